The van der Waals surface area contributed by atoms with Crippen molar-refractivity contribution in [2.45, 2.75) is 0 Å². The molecule has 0 aromatic rings. The molecule has 0 amide bonds. The number of guanidine groups is 1. The van der Waals surface area contributed by atoms with E-state index in [0.29, 0.717) is 0 Å². The van der Waals surface area contributed by atoms with E-state index < -0.39 is 27.5 Å². The monoisotopic (exact) mass is 191 g/mol. The molecule has 0 unspecified atom stereocenters. The zero-order chi connectivity index (χ0) is 10.6. The van der Waals surface area contributed by atoms with E-state index in [-0.39, 0.29) is 0 Å². The van der Waals surface area contributed by atoms with E-state index in [1.165, 1.54) is 0 Å². The highest BCUT2D eigenvalue weighted by molar-refractivity contribution is 5.76. The number of aliphatic hydroxyl groups excluding tert-OH is 1. The predicted molar refractivity (Wildman–Crippen MR) is 39.5 cm³/mol. The highest BCUT2D eigenvalue weighted by Gasteiger charge is 2.33. The van der Waals surface area contributed by atoms with E-state index in [0.717, 1.165) is 0 Å². The van der Waals surface area contributed by atoms with Crippen LogP contribution >= 0.6 is 0 Å². The Balaban J connectivity index is 5.23. The maximum absolute atomic E-state index is 9.96. The summed E-state index contributed by atoms with van der Waals surface area (Å²) in [7, 11) is 0. The lowest BCUT2D eigenvalue weighted by atomic mass is 10.7. The molecule has 0 aromatic carbocycles. The van der Waals surface area contributed by atoms with Gasteiger partial charge in [-0.3, -0.25) is 20.2 Å². The van der Waals surface area contributed by atoms with Gasteiger partial charge in [-0.05, 0) is 0 Å². The Hall–Kier alpha value is -2.39. The van der Waals surface area contributed by atoms with Crippen molar-refractivity contribution in [1.29, 1.82) is 0 Å². The summed E-state index contributed by atoms with van der Waals surface area (Å²) in [4.78, 5) is 19.8. The second-order valence-corrected chi connectivity index (χ2v) is 1.70. The quantitative estimate of drug-likeness (QED) is 0.160. The molecule has 0 spiro atoms. The standard InChI is InChI=1S/C3H5N5O5/c4-3(5)6-1(9)2(7(10)11)8(12)13/h9H,(H4,4,5,6). The Morgan fingerprint density at radius 2 is 1.62 bits per heavy atom. The molecule has 0 aliphatic rings. The molecule has 0 saturated carbocycles. The van der Waals surface area contributed by atoms with Crippen molar-refractivity contribution in [3.05, 3.63) is 31.9 Å². The van der Waals surface area contributed by atoms with Crippen LogP contribution in [0.15, 0.2) is 16.7 Å². The Kier molecular flexibility index (Phi) is 3.14. The lowest BCUT2D eigenvalue weighted by Gasteiger charge is -1.90. The van der Waals surface area contributed by atoms with Gasteiger partial charge >= 0.3 is 11.7 Å². The molecule has 0 rings (SSSR count). The van der Waals surface area contributed by atoms with Crippen LogP contribution in [0.4, 0.5) is 0 Å². The van der Waals surface area contributed by atoms with Crippen LogP contribution in [0, 0.1) is 20.2 Å². The second kappa shape index (κ2) is 3.85. The van der Waals surface area contributed by atoms with Crippen molar-refractivity contribution in [2.75, 3.05) is 0 Å². The molecular formula is C3H5N5O5. The van der Waals surface area contributed by atoms with Gasteiger partial charge in [0.1, 0.15) is 9.85 Å². The van der Waals surface area contributed by atoms with Crippen molar-refractivity contribution in [3.63, 3.8) is 0 Å². The molecule has 0 fully saturated rings. The number of aliphatic hydroxyl groups is 1. The molecule has 0 heterocycles. The van der Waals surface area contributed by atoms with Crippen molar-refractivity contribution < 1.29 is 15.0 Å². The molecular weight excluding hydrogens is 186 g/mol. The molecule has 0 saturated heterocycles. The molecule has 0 bridgehead atoms. The van der Waals surface area contributed by atoms with E-state index >= 15 is 0 Å². The summed E-state index contributed by atoms with van der Waals surface area (Å²) in [6.07, 6.45) is 0. The fourth-order valence-electron chi connectivity index (χ4n) is 0.402. The van der Waals surface area contributed by atoms with Crippen LogP contribution in [-0.4, -0.2) is 20.9 Å². The topological polar surface area (TPSA) is 171 Å². The SMILES string of the molecule is NC(N)=NC(O)=C([N+](=O)[O-])[N+](=O)[O-]. The minimum Gasteiger partial charge on any atom is -0.483 e. The first-order valence-corrected chi connectivity index (χ1v) is 2.68. The maximum Gasteiger partial charge on any atom is 0.621 e. The third-order valence-corrected chi connectivity index (χ3v) is 0.781. The van der Waals surface area contributed by atoms with Gasteiger partial charge in [0.15, 0.2) is 5.96 Å². The van der Waals surface area contributed by atoms with Gasteiger partial charge < -0.3 is 16.6 Å². The summed E-state index contributed by atoms with van der Waals surface area (Å²) in [5, 5.41) is 28.6. The van der Waals surface area contributed by atoms with Crippen LogP contribution in [0.5, 0.6) is 0 Å². The molecule has 5 N–H and O–H groups in total. The summed E-state index contributed by atoms with van der Waals surface area (Å²) in [5.74, 6) is -3.86. The third kappa shape index (κ3) is 3.00. The summed E-state index contributed by atoms with van der Waals surface area (Å²) >= 11 is 0. The molecule has 13 heavy (non-hydrogen) atoms. The summed E-state index contributed by atoms with van der Waals surface area (Å²) in [6, 6.07) is 0. The molecule has 10 heteroatoms. The normalized spacial score (nSPS) is 8.62. The van der Waals surface area contributed by atoms with Crippen LogP contribution in [0.25, 0.3) is 0 Å². The largest absolute Gasteiger partial charge is 0.621 e. The first-order valence-electron chi connectivity index (χ1n) is 2.68. The lowest BCUT2D eigenvalue weighted by Crippen LogP contribution is -2.23. The summed E-state index contributed by atoms with van der Waals surface area (Å²) in [6.45, 7) is 0. The van der Waals surface area contributed by atoms with Gasteiger partial charge in [-0.25, -0.2) is 0 Å². The molecule has 72 valence electrons. The average molecular weight is 191 g/mol. The Morgan fingerprint density at radius 3 is 1.85 bits per heavy atom. The van der Waals surface area contributed by atoms with Gasteiger partial charge in [0.05, 0.1) is 0 Å². The van der Waals surface area contributed by atoms with Crippen LogP contribution in [0.2, 0.25) is 0 Å². The second-order valence-electron chi connectivity index (χ2n) is 1.70. The Morgan fingerprint density at radius 1 is 1.23 bits per heavy atom. The molecule has 0 aromatic heterocycles. The smallest absolute Gasteiger partial charge is 0.483 e. The zero-order valence-electron chi connectivity index (χ0n) is 6.08. The van der Waals surface area contributed by atoms with E-state index in [1.807, 2.05) is 0 Å². The average Bonchev–Trinajstić information content (AvgIpc) is 1.81. The summed E-state index contributed by atoms with van der Waals surface area (Å²) in [5.41, 5.74) is 9.44. The van der Waals surface area contributed by atoms with E-state index in [9.17, 15) is 20.2 Å². The van der Waals surface area contributed by atoms with Crippen molar-refractivity contribution in [2.24, 2.45) is 16.5 Å². The first-order chi connectivity index (χ1) is 5.86. The van der Waals surface area contributed by atoms with E-state index in [1.54, 1.807) is 0 Å². The fourth-order valence-corrected chi connectivity index (χ4v) is 0.402. The number of aliphatic imine (C=N–C) groups is 1. The molecule has 10 nitrogen and oxygen atoms in total. The maximum atomic E-state index is 9.96. The minimum absolute atomic E-state index is 0.723. The van der Waals surface area contributed by atoms with Gasteiger partial charge in [0.2, 0.25) is 0 Å². The van der Waals surface area contributed by atoms with Crippen LogP contribution in [0.3, 0.4) is 0 Å². The number of hydrogen-bond donors (Lipinski definition) is 3. The Bertz CT molecular complexity index is 285. The van der Waals surface area contributed by atoms with Crippen LogP contribution in [-0.2, 0) is 0 Å². The fraction of sp³-hybridized carbons (Fsp3) is 0. The molecule has 0 radical (unpaired) electrons. The number of nitrogens with two attached hydrogens (primary N) is 2. The highest BCUT2D eigenvalue weighted by Crippen LogP contribution is 2.03. The van der Waals surface area contributed by atoms with Gasteiger partial charge in [0.25, 0.3) is 0 Å². The summed E-state index contributed by atoms with van der Waals surface area (Å²) < 4.78 is 0. The molecule has 0 atom stereocenters. The molecule has 0 aliphatic carbocycles. The number of hydrogen-bond acceptors (Lipinski definition) is 6. The highest BCUT2D eigenvalue weighted by atomic mass is 16.7. The number of nitrogens with zero attached hydrogens (tertiary/aromatic N) is 3. The van der Waals surface area contributed by atoms with E-state index in [2.05, 4.69) is 4.99 Å². The van der Waals surface area contributed by atoms with E-state index in [4.69, 9.17) is 16.6 Å². The third-order valence-electron chi connectivity index (χ3n) is 0.781. The zero-order valence-corrected chi connectivity index (χ0v) is 6.08. The Labute approximate surface area is 70.5 Å². The van der Waals surface area contributed by atoms with Crippen molar-refractivity contribution >= 4 is 5.96 Å². The van der Waals surface area contributed by atoms with Gasteiger partial charge in [-0.1, -0.05) is 0 Å². The van der Waals surface area contributed by atoms with Crippen LogP contribution in [0.1, 0.15) is 0 Å². The number of rotatable bonds is 3. The van der Waals surface area contributed by atoms with Gasteiger partial charge in [-0.2, -0.15) is 4.99 Å². The lowest BCUT2D eigenvalue weighted by molar-refractivity contribution is -0.619. The van der Waals surface area contributed by atoms with Crippen molar-refractivity contribution in [3.8, 4) is 0 Å². The molecule has 0 aliphatic heterocycles. The van der Waals surface area contributed by atoms with Crippen molar-refractivity contribution in [1.82, 2.24) is 0 Å². The van der Waals surface area contributed by atoms with Gasteiger partial charge in [-0.15, -0.1) is 0 Å². The van der Waals surface area contributed by atoms with Gasteiger partial charge in [0, 0.05) is 0 Å². The predicted octanol–water partition coefficient (Wildman–Crippen LogP) is -1.50. The number of nitro groups is 2. The first kappa shape index (κ1) is 10.6. The van der Waals surface area contributed by atoms with Crippen LogP contribution < -0.4 is 11.5 Å². The minimum atomic E-state index is -1.69.